The van der Waals surface area contributed by atoms with E-state index >= 15 is 0 Å². The van der Waals surface area contributed by atoms with Crippen LogP contribution in [-0.4, -0.2) is 61.6 Å². The van der Waals surface area contributed by atoms with E-state index in [9.17, 15) is 4.79 Å². The molecule has 3 rings (SSSR count). The number of nitrogens with two attached hydrogens (primary N) is 1. The van der Waals surface area contributed by atoms with E-state index in [0.29, 0.717) is 0 Å². The first-order chi connectivity index (χ1) is 11.5. The van der Waals surface area contributed by atoms with Gasteiger partial charge < -0.3 is 0 Å². The number of carbonyl (C=O) groups excluding carboxylic acids is 1. The van der Waals surface area contributed by atoms with E-state index in [1.807, 2.05) is 0 Å². The number of benzene rings is 1. The zero-order valence-electron chi connectivity index (χ0n) is 15.1. The molecule has 2 saturated heterocycles. The van der Waals surface area contributed by atoms with Gasteiger partial charge in [0, 0.05) is 0 Å². The van der Waals surface area contributed by atoms with Gasteiger partial charge in [0.1, 0.15) is 0 Å². The van der Waals surface area contributed by atoms with Gasteiger partial charge in [-0.15, -0.1) is 0 Å². The van der Waals surface area contributed by atoms with Gasteiger partial charge in [-0.1, -0.05) is 0 Å². The molecule has 0 spiro atoms. The summed E-state index contributed by atoms with van der Waals surface area (Å²) >= 11 is -1.97. The molecule has 1 aromatic carbocycles. The Bertz CT molecular complexity index is 564. The molecule has 130 valence electrons. The number of carbonyl (C=O) groups is 1. The summed E-state index contributed by atoms with van der Waals surface area (Å²) in [6, 6.07) is 6.86. The van der Waals surface area contributed by atoms with Gasteiger partial charge in [0.05, 0.1) is 0 Å². The standard InChI is InChI=1S/C13H19N2.C6H11NO.In/c1-11-7-12(2)9-13(8-11)10-15-5-3-14-4-6-15;1-2-3-4-5-6(7)8;/h7-9H,3-6,10H2,1-2H3;5H,1-4H2,(H2,7,8);/q-1;;+1. The van der Waals surface area contributed by atoms with Crippen LogP contribution in [0.1, 0.15) is 36.0 Å². The molecular weight excluding hydrogens is 401 g/mol. The second-order valence-electron chi connectivity index (χ2n) is 7.67. The Morgan fingerprint density at radius 3 is 2.42 bits per heavy atom. The number of aryl methyl sites for hydroxylation is 2. The number of rotatable bonds is 4. The Kier molecular flexibility index (Phi) is 6.27. The van der Waals surface area contributed by atoms with E-state index in [2.05, 4.69) is 39.8 Å². The van der Waals surface area contributed by atoms with Crippen LogP contribution < -0.4 is 5.73 Å². The van der Waals surface area contributed by atoms with Crippen molar-refractivity contribution in [2.45, 2.75) is 47.5 Å². The first kappa shape index (κ1) is 18.3. The second-order valence-corrected chi connectivity index (χ2v) is 16.9. The molecule has 2 heterocycles. The third kappa shape index (κ3) is 4.55. The fourth-order valence-corrected chi connectivity index (χ4v) is 15.6. The van der Waals surface area contributed by atoms with Crippen molar-refractivity contribution in [2.24, 2.45) is 5.73 Å². The molecule has 2 N–H and O–H groups in total. The zero-order valence-corrected chi connectivity index (χ0v) is 18.4. The molecule has 0 saturated carbocycles. The van der Waals surface area contributed by atoms with Crippen molar-refractivity contribution < 1.29 is 4.79 Å². The quantitative estimate of drug-likeness (QED) is 0.797. The van der Waals surface area contributed by atoms with E-state index in [4.69, 9.17) is 5.73 Å². The Morgan fingerprint density at radius 2 is 1.79 bits per heavy atom. The molecule has 5 heteroatoms. The molecule has 0 radical (unpaired) electrons. The van der Waals surface area contributed by atoms with Gasteiger partial charge in [-0.05, 0) is 0 Å². The van der Waals surface area contributed by atoms with Crippen molar-refractivity contribution in [1.82, 2.24) is 7.79 Å². The molecule has 1 unspecified atom stereocenters. The van der Waals surface area contributed by atoms with Crippen molar-refractivity contribution >= 4 is 27.6 Å². The van der Waals surface area contributed by atoms with Gasteiger partial charge in [-0.3, -0.25) is 0 Å². The number of hydrogen-bond donors (Lipinski definition) is 1. The van der Waals surface area contributed by atoms with E-state index in [-0.39, 0.29) is 9.58 Å². The number of hydrogen-bond acceptors (Lipinski definition) is 3. The van der Waals surface area contributed by atoms with Crippen LogP contribution in [-0.2, 0) is 11.3 Å². The first-order valence-electron chi connectivity index (χ1n) is 9.36. The molecule has 0 bridgehead atoms. The molecule has 0 aromatic heterocycles. The molecular formula is C19H30InN3O. The number of piperazine rings is 1. The van der Waals surface area contributed by atoms with Gasteiger partial charge in [0.25, 0.3) is 0 Å². The SMILES string of the molecule is Cc1cc(C)cc(CN2CC[N]([In]3[CH2]CCC[CH]3C(N)=O)CC2)c1. The topological polar surface area (TPSA) is 49.6 Å². The summed E-state index contributed by atoms with van der Waals surface area (Å²) in [7, 11) is 0. The summed E-state index contributed by atoms with van der Waals surface area (Å²) in [5, 5.41) is 0. The maximum absolute atomic E-state index is 11.8. The average Bonchev–Trinajstić information content (AvgIpc) is 2.54. The number of amides is 1. The molecule has 1 atom stereocenters. The molecule has 2 fully saturated rings. The van der Waals surface area contributed by atoms with Gasteiger partial charge >= 0.3 is 155 Å². The molecule has 1 aromatic rings. The van der Waals surface area contributed by atoms with Crippen molar-refractivity contribution in [3.8, 4) is 0 Å². The summed E-state index contributed by atoms with van der Waals surface area (Å²) in [5.74, 6) is -0.00633. The fraction of sp³-hybridized carbons (Fsp3) is 0.632. The van der Waals surface area contributed by atoms with Crippen LogP contribution in [0.2, 0.25) is 7.85 Å². The molecule has 0 aliphatic carbocycles. The van der Waals surface area contributed by atoms with Gasteiger partial charge in [-0.25, -0.2) is 0 Å². The monoisotopic (exact) mass is 431 g/mol. The van der Waals surface area contributed by atoms with Crippen LogP contribution in [0.25, 0.3) is 0 Å². The first-order valence-corrected chi connectivity index (χ1v) is 15.1. The molecule has 1 amide bonds. The van der Waals surface area contributed by atoms with Crippen LogP contribution in [0.4, 0.5) is 0 Å². The molecule has 24 heavy (non-hydrogen) atoms. The Hall–Kier alpha value is -0.520. The van der Waals surface area contributed by atoms with Crippen LogP contribution in [0.15, 0.2) is 18.2 Å². The van der Waals surface area contributed by atoms with Gasteiger partial charge in [-0.2, -0.15) is 0 Å². The van der Waals surface area contributed by atoms with Crippen LogP contribution in [0.5, 0.6) is 0 Å². The molecule has 4 nitrogen and oxygen atoms in total. The van der Waals surface area contributed by atoms with Crippen LogP contribution in [0, 0.1) is 13.8 Å². The van der Waals surface area contributed by atoms with E-state index in [1.54, 1.807) is 0 Å². The zero-order chi connectivity index (χ0) is 17.1. The summed E-state index contributed by atoms with van der Waals surface area (Å²) < 4.78 is 4.34. The summed E-state index contributed by atoms with van der Waals surface area (Å²) in [6.45, 7) is 9.96. The van der Waals surface area contributed by atoms with Crippen molar-refractivity contribution in [3.05, 3.63) is 34.9 Å². The average molecular weight is 431 g/mol. The second kappa shape index (κ2) is 8.24. The van der Waals surface area contributed by atoms with Gasteiger partial charge in [0.15, 0.2) is 0 Å². The Balaban J connectivity index is 1.56. The van der Waals surface area contributed by atoms with Crippen molar-refractivity contribution in [1.29, 1.82) is 0 Å². The molecule has 2 aliphatic heterocycles. The van der Waals surface area contributed by atoms with E-state index in [0.717, 1.165) is 39.1 Å². The van der Waals surface area contributed by atoms with E-state index < -0.39 is 21.7 Å². The maximum atomic E-state index is 11.8. The predicted molar refractivity (Wildman–Crippen MR) is 100 cm³/mol. The van der Waals surface area contributed by atoms with Gasteiger partial charge in [0.2, 0.25) is 0 Å². The van der Waals surface area contributed by atoms with E-state index in [1.165, 1.54) is 33.7 Å². The van der Waals surface area contributed by atoms with Crippen molar-refractivity contribution in [3.63, 3.8) is 0 Å². The summed E-state index contributed by atoms with van der Waals surface area (Å²) in [4.78, 5) is 14.4. The summed E-state index contributed by atoms with van der Waals surface area (Å²) in [6.07, 6.45) is 3.60. The van der Waals surface area contributed by atoms with Crippen LogP contribution in [0.3, 0.4) is 0 Å². The third-order valence-corrected chi connectivity index (χ3v) is 17.2. The fourth-order valence-electron chi connectivity index (χ4n) is 4.55. The minimum atomic E-state index is -1.97. The van der Waals surface area contributed by atoms with Crippen LogP contribution >= 0.6 is 0 Å². The minimum absolute atomic E-state index is 0.00633. The summed E-state index contributed by atoms with van der Waals surface area (Å²) in [5.41, 5.74) is 9.83. The van der Waals surface area contributed by atoms with Crippen molar-refractivity contribution in [2.75, 3.05) is 26.2 Å². The Morgan fingerprint density at radius 1 is 1.12 bits per heavy atom. The Labute approximate surface area is 154 Å². The third-order valence-electron chi connectivity index (χ3n) is 5.66. The number of primary amides is 1. The molecule has 2 aliphatic rings. The predicted octanol–water partition coefficient (Wildman–Crippen LogP) is 2.45. The normalized spacial score (nSPS) is 23.4. The number of nitrogens with zero attached hydrogens (tertiary/aromatic N) is 2.